The highest BCUT2D eigenvalue weighted by molar-refractivity contribution is 5.79. The van der Waals surface area contributed by atoms with E-state index in [-0.39, 0.29) is 6.61 Å². The van der Waals surface area contributed by atoms with Crippen molar-refractivity contribution in [2.24, 2.45) is 5.92 Å². The fourth-order valence-electron chi connectivity index (χ4n) is 1.59. The van der Waals surface area contributed by atoms with Gasteiger partial charge in [-0.25, -0.2) is 4.79 Å². The first-order valence-electron chi connectivity index (χ1n) is 5.34. The second-order valence-electron chi connectivity index (χ2n) is 4.07. The summed E-state index contributed by atoms with van der Waals surface area (Å²) in [6.07, 6.45) is -0.395. The Morgan fingerprint density at radius 1 is 1.39 bits per heavy atom. The van der Waals surface area contributed by atoms with Gasteiger partial charge in [-0.2, -0.15) is 0 Å². The fraction of sp³-hybridized carbons (Fsp3) is 0.889. The largest absolute Gasteiger partial charge is 0.464 e. The number of hydrogen-bond acceptors (Lipinski definition) is 7. The normalized spacial score (nSPS) is 15.5. The number of nitrogens with zero attached hydrogens (tertiary/aromatic N) is 2. The molecular weight excluding hydrogens is 248 g/mol. The molecule has 0 spiro atoms. The maximum Gasteiger partial charge on any atom is 0.345 e. The molecule has 0 bridgehead atoms. The lowest BCUT2D eigenvalue weighted by atomic mass is 9.91. The number of hydrogen-bond donors (Lipinski definition) is 1. The van der Waals surface area contributed by atoms with Gasteiger partial charge >= 0.3 is 5.97 Å². The van der Waals surface area contributed by atoms with E-state index in [1.54, 1.807) is 0 Å². The summed E-state index contributed by atoms with van der Waals surface area (Å²) in [5.74, 6) is -1.81. The molecule has 18 heavy (non-hydrogen) atoms. The summed E-state index contributed by atoms with van der Waals surface area (Å²) >= 11 is 0. The lowest BCUT2D eigenvalue weighted by molar-refractivity contribution is -0.502. The van der Waals surface area contributed by atoms with E-state index in [2.05, 4.69) is 4.74 Å². The summed E-state index contributed by atoms with van der Waals surface area (Å²) in [7, 11) is 0. The van der Waals surface area contributed by atoms with Gasteiger partial charge in [-0.15, -0.1) is 0 Å². The fourth-order valence-corrected chi connectivity index (χ4v) is 1.59. The number of carbonyl (C=O) groups is 1. The van der Waals surface area contributed by atoms with Gasteiger partial charge in [0.05, 0.1) is 6.61 Å². The molecule has 0 aliphatic rings. The number of esters is 1. The van der Waals surface area contributed by atoms with Gasteiger partial charge in [0.1, 0.15) is 0 Å². The van der Waals surface area contributed by atoms with Crippen molar-refractivity contribution in [3.8, 4) is 0 Å². The van der Waals surface area contributed by atoms with Gasteiger partial charge in [0.25, 0.3) is 0 Å². The maximum absolute atomic E-state index is 11.5. The molecule has 9 heteroatoms. The number of aliphatic hydroxyl groups is 1. The Morgan fingerprint density at radius 3 is 2.33 bits per heavy atom. The Hall–Kier alpha value is -1.77. The Labute approximate surface area is 103 Å². The number of nitro groups is 2. The van der Waals surface area contributed by atoms with Crippen LogP contribution in [0.25, 0.3) is 0 Å². The van der Waals surface area contributed by atoms with Crippen molar-refractivity contribution in [3.63, 3.8) is 0 Å². The van der Waals surface area contributed by atoms with Crippen molar-refractivity contribution in [2.45, 2.75) is 25.9 Å². The second-order valence-corrected chi connectivity index (χ2v) is 4.07. The SMILES string of the molecule is CCOC(=O)C(O)(CC(C)C[N+](=O)[O-])C[N+](=O)[O-]. The first-order valence-corrected chi connectivity index (χ1v) is 5.34. The molecule has 1 N–H and O–H groups in total. The Bertz CT molecular complexity index is 333. The summed E-state index contributed by atoms with van der Waals surface area (Å²) in [6, 6.07) is 0. The van der Waals surface area contributed by atoms with Crippen LogP contribution in [0.1, 0.15) is 20.3 Å². The van der Waals surface area contributed by atoms with E-state index < -0.39 is 46.8 Å². The van der Waals surface area contributed by atoms with Crippen LogP contribution in [0.2, 0.25) is 0 Å². The highest BCUT2D eigenvalue weighted by atomic mass is 16.6. The molecule has 0 aliphatic heterocycles. The maximum atomic E-state index is 11.5. The average Bonchev–Trinajstić information content (AvgIpc) is 2.14. The number of rotatable bonds is 8. The van der Waals surface area contributed by atoms with Crippen molar-refractivity contribution in [2.75, 3.05) is 19.7 Å². The van der Waals surface area contributed by atoms with Crippen LogP contribution in [-0.2, 0) is 9.53 Å². The molecule has 0 saturated heterocycles. The molecule has 0 radical (unpaired) electrons. The Morgan fingerprint density at radius 2 is 1.94 bits per heavy atom. The summed E-state index contributed by atoms with van der Waals surface area (Å²) in [5.41, 5.74) is -2.32. The van der Waals surface area contributed by atoms with Crippen LogP contribution in [0.15, 0.2) is 0 Å². The van der Waals surface area contributed by atoms with Crippen molar-refractivity contribution < 1.29 is 24.5 Å². The molecule has 0 rings (SSSR count). The molecule has 0 aliphatic carbocycles. The lowest BCUT2D eigenvalue weighted by Crippen LogP contribution is -2.48. The summed E-state index contributed by atoms with van der Waals surface area (Å²) in [5, 5.41) is 30.6. The van der Waals surface area contributed by atoms with Crippen LogP contribution in [0.4, 0.5) is 0 Å². The molecule has 0 fully saturated rings. The van der Waals surface area contributed by atoms with E-state index in [0.29, 0.717) is 0 Å². The molecule has 104 valence electrons. The van der Waals surface area contributed by atoms with E-state index in [1.165, 1.54) is 13.8 Å². The predicted molar refractivity (Wildman–Crippen MR) is 59.1 cm³/mol. The summed E-state index contributed by atoms with van der Waals surface area (Å²) in [6.45, 7) is 1.35. The molecule has 2 unspecified atom stereocenters. The molecule has 0 aromatic heterocycles. The topological polar surface area (TPSA) is 133 Å². The Balaban J connectivity index is 4.80. The number of ether oxygens (including phenoxy) is 1. The first-order chi connectivity index (χ1) is 8.21. The molecular formula is C9H16N2O7. The van der Waals surface area contributed by atoms with E-state index in [9.17, 15) is 30.1 Å². The molecule has 0 amide bonds. The summed E-state index contributed by atoms with van der Waals surface area (Å²) in [4.78, 5) is 30.7. The molecule has 2 atom stereocenters. The standard InChI is InChI=1S/C9H16N2O7/c1-3-18-8(12)9(13,6-11(16)17)4-7(2)5-10(14)15/h7,13H,3-6H2,1-2H3. The van der Waals surface area contributed by atoms with Gasteiger partial charge in [0.15, 0.2) is 0 Å². The van der Waals surface area contributed by atoms with Crippen LogP contribution in [0, 0.1) is 26.1 Å². The van der Waals surface area contributed by atoms with E-state index in [1.807, 2.05) is 0 Å². The molecule has 0 aromatic rings. The zero-order chi connectivity index (χ0) is 14.3. The van der Waals surface area contributed by atoms with Gasteiger partial charge < -0.3 is 9.84 Å². The minimum absolute atomic E-state index is 0.0392. The zero-order valence-corrected chi connectivity index (χ0v) is 10.2. The third-order valence-electron chi connectivity index (χ3n) is 2.19. The van der Waals surface area contributed by atoms with Crippen molar-refractivity contribution in [3.05, 3.63) is 20.2 Å². The van der Waals surface area contributed by atoms with Crippen molar-refractivity contribution >= 4 is 5.97 Å². The van der Waals surface area contributed by atoms with Gasteiger partial charge in [-0.3, -0.25) is 20.2 Å². The zero-order valence-electron chi connectivity index (χ0n) is 10.2. The highest BCUT2D eigenvalue weighted by Crippen LogP contribution is 2.20. The van der Waals surface area contributed by atoms with E-state index in [4.69, 9.17) is 0 Å². The second kappa shape index (κ2) is 6.84. The Kier molecular flexibility index (Phi) is 6.17. The first kappa shape index (κ1) is 16.2. The average molecular weight is 264 g/mol. The van der Waals surface area contributed by atoms with Crippen LogP contribution >= 0.6 is 0 Å². The predicted octanol–water partition coefficient (Wildman–Crippen LogP) is -0.140. The summed E-state index contributed by atoms with van der Waals surface area (Å²) < 4.78 is 4.55. The smallest absolute Gasteiger partial charge is 0.345 e. The van der Waals surface area contributed by atoms with E-state index >= 15 is 0 Å². The van der Waals surface area contributed by atoms with Gasteiger partial charge in [0.2, 0.25) is 18.7 Å². The lowest BCUT2D eigenvalue weighted by Gasteiger charge is -2.23. The monoisotopic (exact) mass is 264 g/mol. The van der Waals surface area contributed by atoms with Crippen molar-refractivity contribution in [1.82, 2.24) is 0 Å². The van der Waals surface area contributed by atoms with Gasteiger partial charge in [-0.05, 0) is 6.92 Å². The van der Waals surface area contributed by atoms with Crippen LogP contribution < -0.4 is 0 Å². The number of carbonyl (C=O) groups excluding carboxylic acids is 1. The van der Waals surface area contributed by atoms with Crippen LogP contribution in [0.3, 0.4) is 0 Å². The third kappa shape index (κ3) is 5.53. The quantitative estimate of drug-likeness (QED) is 0.366. The van der Waals surface area contributed by atoms with Crippen LogP contribution in [0.5, 0.6) is 0 Å². The minimum Gasteiger partial charge on any atom is -0.464 e. The van der Waals surface area contributed by atoms with E-state index in [0.717, 1.165) is 0 Å². The third-order valence-corrected chi connectivity index (χ3v) is 2.19. The van der Waals surface area contributed by atoms with Gasteiger partial charge in [0, 0.05) is 22.2 Å². The van der Waals surface area contributed by atoms with Crippen LogP contribution in [-0.4, -0.2) is 46.2 Å². The molecule has 0 saturated carbocycles. The minimum atomic E-state index is -2.32. The molecule has 9 nitrogen and oxygen atoms in total. The van der Waals surface area contributed by atoms with Crippen molar-refractivity contribution in [1.29, 1.82) is 0 Å². The highest BCUT2D eigenvalue weighted by Gasteiger charge is 2.44. The van der Waals surface area contributed by atoms with Gasteiger partial charge in [-0.1, -0.05) is 6.92 Å². The molecule has 0 heterocycles. The molecule has 0 aromatic carbocycles.